The molecule has 134 valence electrons. The molecule has 1 saturated heterocycles. The molecular formula is C20H27N3O2. The highest BCUT2D eigenvalue weighted by atomic mass is 16.5. The number of carbonyl (C=O) groups excluding carboxylic acids is 1. The minimum atomic E-state index is 0.236. The molecule has 2 aromatic rings. The summed E-state index contributed by atoms with van der Waals surface area (Å²) < 4.78 is 7.92. The van der Waals surface area contributed by atoms with Crippen LogP contribution in [-0.2, 0) is 11.2 Å². The van der Waals surface area contributed by atoms with E-state index in [4.69, 9.17) is 4.74 Å². The summed E-state index contributed by atoms with van der Waals surface area (Å²) in [4.78, 5) is 18.9. The Labute approximate surface area is 149 Å². The highest BCUT2D eigenvalue weighted by Gasteiger charge is 2.25. The molecule has 0 aliphatic carbocycles. The van der Waals surface area contributed by atoms with Gasteiger partial charge in [-0.15, -0.1) is 0 Å². The monoisotopic (exact) mass is 341 g/mol. The lowest BCUT2D eigenvalue weighted by Crippen LogP contribution is -2.40. The molecule has 1 aromatic carbocycles. The molecule has 0 bridgehead atoms. The average molecular weight is 341 g/mol. The molecule has 1 atom stereocenters. The van der Waals surface area contributed by atoms with Crippen LogP contribution in [0.15, 0.2) is 42.7 Å². The van der Waals surface area contributed by atoms with Crippen LogP contribution in [0.3, 0.4) is 0 Å². The van der Waals surface area contributed by atoms with Gasteiger partial charge in [-0.05, 0) is 31.4 Å². The molecule has 5 nitrogen and oxygen atoms in total. The molecule has 0 spiro atoms. The van der Waals surface area contributed by atoms with Crippen LogP contribution in [0, 0.1) is 0 Å². The molecule has 1 aliphatic heterocycles. The molecule has 5 heteroatoms. The summed E-state index contributed by atoms with van der Waals surface area (Å²) >= 11 is 0. The predicted molar refractivity (Wildman–Crippen MR) is 97.6 cm³/mol. The lowest BCUT2D eigenvalue weighted by atomic mass is 10.0. The van der Waals surface area contributed by atoms with Crippen LogP contribution < -0.4 is 4.74 Å². The third-order valence-corrected chi connectivity index (χ3v) is 4.75. The number of amides is 1. The second kappa shape index (κ2) is 8.70. The molecule has 1 aromatic heterocycles. The van der Waals surface area contributed by atoms with Gasteiger partial charge in [0.15, 0.2) is 0 Å². The number of hydrogen-bond acceptors (Lipinski definition) is 3. The van der Waals surface area contributed by atoms with E-state index in [2.05, 4.69) is 16.5 Å². The van der Waals surface area contributed by atoms with Crippen molar-refractivity contribution in [1.29, 1.82) is 0 Å². The Morgan fingerprint density at radius 3 is 2.96 bits per heavy atom. The van der Waals surface area contributed by atoms with Crippen molar-refractivity contribution in [2.24, 2.45) is 0 Å². The molecule has 1 amide bonds. The highest BCUT2D eigenvalue weighted by Crippen LogP contribution is 2.23. The quantitative estimate of drug-likeness (QED) is 0.725. The van der Waals surface area contributed by atoms with E-state index in [1.807, 2.05) is 47.6 Å². The molecule has 2 heterocycles. The number of nitrogens with zero attached hydrogens (tertiary/aromatic N) is 3. The van der Waals surface area contributed by atoms with Crippen molar-refractivity contribution in [3.8, 4) is 5.75 Å². The molecule has 3 rings (SSSR count). The van der Waals surface area contributed by atoms with Gasteiger partial charge < -0.3 is 14.2 Å². The van der Waals surface area contributed by atoms with Crippen molar-refractivity contribution in [3.05, 3.63) is 48.5 Å². The van der Waals surface area contributed by atoms with Gasteiger partial charge in [0, 0.05) is 38.3 Å². The van der Waals surface area contributed by atoms with E-state index in [1.165, 1.54) is 0 Å². The van der Waals surface area contributed by atoms with Gasteiger partial charge in [0.1, 0.15) is 11.6 Å². The fraction of sp³-hybridized carbons (Fsp3) is 0.500. The Bertz CT molecular complexity index is 669. The maximum atomic E-state index is 12.5. The second-order valence-electron chi connectivity index (χ2n) is 6.51. The first-order valence-electron chi connectivity index (χ1n) is 9.25. The topological polar surface area (TPSA) is 47.4 Å². The summed E-state index contributed by atoms with van der Waals surface area (Å²) in [6.07, 6.45) is 8.30. The fourth-order valence-corrected chi connectivity index (χ4v) is 3.45. The summed E-state index contributed by atoms with van der Waals surface area (Å²) in [6.45, 7) is 4.36. The Morgan fingerprint density at radius 2 is 2.16 bits per heavy atom. The van der Waals surface area contributed by atoms with E-state index < -0.39 is 0 Å². The lowest BCUT2D eigenvalue weighted by Gasteiger charge is -2.34. The fourth-order valence-electron chi connectivity index (χ4n) is 3.45. The molecule has 25 heavy (non-hydrogen) atoms. The maximum absolute atomic E-state index is 12.5. The number of rotatable bonds is 7. The number of benzene rings is 1. The largest absolute Gasteiger partial charge is 0.494 e. The van der Waals surface area contributed by atoms with Crippen LogP contribution in [0.4, 0.5) is 0 Å². The van der Waals surface area contributed by atoms with Crippen LogP contribution in [-0.4, -0.2) is 40.1 Å². The van der Waals surface area contributed by atoms with E-state index in [-0.39, 0.29) is 5.91 Å². The van der Waals surface area contributed by atoms with E-state index in [0.29, 0.717) is 19.1 Å². The lowest BCUT2D eigenvalue weighted by molar-refractivity contribution is -0.133. The van der Waals surface area contributed by atoms with Crippen molar-refractivity contribution in [2.75, 3.05) is 19.7 Å². The molecular weight excluding hydrogens is 314 g/mol. The van der Waals surface area contributed by atoms with Gasteiger partial charge >= 0.3 is 0 Å². The number of hydrogen-bond donors (Lipinski definition) is 0. The standard InChI is InChI=1S/C20H27N3O2/c1-2-19-21-12-14-23(19)17-8-6-13-22(16-17)20(24)11-7-15-25-18-9-4-3-5-10-18/h3-5,9-10,12,14,17H,2,6-8,11,13,15-16H2,1H3/t17-/m0/s1. The number of aryl methyl sites for hydroxylation is 1. The van der Waals surface area contributed by atoms with Gasteiger partial charge in [-0.25, -0.2) is 4.98 Å². The molecule has 1 fully saturated rings. The van der Waals surface area contributed by atoms with Gasteiger partial charge in [0.25, 0.3) is 0 Å². The minimum absolute atomic E-state index is 0.236. The molecule has 0 unspecified atom stereocenters. The van der Waals surface area contributed by atoms with E-state index in [1.54, 1.807) is 0 Å². The summed E-state index contributed by atoms with van der Waals surface area (Å²) in [5.74, 6) is 2.20. The van der Waals surface area contributed by atoms with Crippen LogP contribution in [0.1, 0.15) is 44.5 Å². The zero-order valence-corrected chi connectivity index (χ0v) is 14.9. The first kappa shape index (κ1) is 17.5. The zero-order valence-electron chi connectivity index (χ0n) is 14.9. The van der Waals surface area contributed by atoms with Crippen LogP contribution in [0.5, 0.6) is 5.75 Å². The van der Waals surface area contributed by atoms with Crippen LogP contribution in [0.2, 0.25) is 0 Å². The molecule has 0 radical (unpaired) electrons. The third kappa shape index (κ3) is 4.62. The second-order valence-corrected chi connectivity index (χ2v) is 6.51. The Morgan fingerprint density at radius 1 is 1.32 bits per heavy atom. The van der Waals surface area contributed by atoms with Crippen molar-refractivity contribution in [3.63, 3.8) is 0 Å². The van der Waals surface area contributed by atoms with Crippen molar-refractivity contribution in [2.45, 2.75) is 45.1 Å². The predicted octanol–water partition coefficient (Wildman–Crippen LogP) is 3.47. The summed E-state index contributed by atoms with van der Waals surface area (Å²) in [7, 11) is 0. The smallest absolute Gasteiger partial charge is 0.222 e. The number of carbonyl (C=O) groups is 1. The van der Waals surface area contributed by atoms with E-state index in [0.717, 1.165) is 50.3 Å². The van der Waals surface area contributed by atoms with Gasteiger partial charge in [-0.3, -0.25) is 4.79 Å². The van der Waals surface area contributed by atoms with E-state index in [9.17, 15) is 4.79 Å². The normalized spacial score (nSPS) is 17.5. The van der Waals surface area contributed by atoms with Gasteiger partial charge in [0.05, 0.1) is 12.6 Å². The number of ether oxygens (including phenoxy) is 1. The Hall–Kier alpha value is -2.30. The highest BCUT2D eigenvalue weighted by molar-refractivity contribution is 5.76. The van der Waals surface area contributed by atoms with Crippen LogP contribution in [0.25, 0.3) is 0 Å². The van der Waals surface area contributed by atoms with Gasteiger partial charge in [-0.2, -0.15) is 0 Å². The third-order valence-electron chi connectivity index (χ3n) is 4.75. The first-order valence-corrected chi connectivity index (χ1v) is 9.25. The average Bonchev–Trinajstić information content (AvgIpc) is 3.15. The number of piperidine rings is 1. The van der Waals surface area contributed by atoms with Crippen LogP contribution >= 0.6 is 0 Å². The molecule has 0 N–H and O–H groups in total. The zero-order chi connectivity index (χ0) is 17.5. The summed E-state index contributed by atoms with van der Waals surface area (Å²) in [6, 6.07) is 10.1. The number of likely N-dealkylation sites (tertiary alicyclic amines) is 1. The van der Waals surface area contributed by atoms with Crippen molar-refractivity contribution in [1.82, 2.24) is 14.5 Å². The number of aromatic nitrogens is 2. The van der Waals surface area contributed by atoms with E-state index >= 15 is 0 Å². The molecule has 1 aliphatic rings. The molecule has 0 saturated carbocycles. The minimum Gasteiger partial charge on any atom is -0.494 e. The summed E-state index contributed by atoms with van der Waals surface area (Å²) in [5.41, 5.74) is 0. The van der Waals surface area contributed by atoms with Gasteiger partial charge in [-0.1, -0.05) is 25.1 Å². The number of para-hydroxylation sites is 1. The van der Waals surface area contributed by atoms with Crippen molar-refractivity contribution < 1.29 is 9.53 Å². The number of imidazole rings is 1. The van der Waals surface area contributed by atoms with Gasteiger partial charge in [0.2, 0.25) is 5.91 Å². The first-order chi connectivity index (χ1) is 12.3. The Balaban J connectivity index is 1.45. The maximum Gasteiger partial charge on any atom is 0.222 e. The Kier molecular flexibility index (Phi) is 6.09. The SMILES string of the molecule is CCc1nccn1[C@H]1CCCN(C(=O)CCCOc2ccccc2)C1. The van der Waals surface area contributed by atoms with Crippen molar-refractivity contribution >= 4 is 5.91 Å². The summed E-state index contributed by atoms with van der Waals surface area (Å²) in [5, 5.41) is 0.